The first-order chi connectivity index (χ1) is 8.24. The van der Waals surface area contributed by atoms with Crippen molar-refractivity contribution in [2.45, 2.75) is 46.7 Å². The molecule has 0 bridgehead atoms. The largest absolute Gasteiger partial charge is 0.281 e. The van der Waals surface area contributed by atoms with E-state index in [4.69, 9.17) is 12.2 Å². The van der Waals surface area contributed by atoms with E-state index >= 15 is 0 Å². The molecule has 0 spiro atoms. The summed E-state index contributed by atoms with van der Waals surface area (Å²) in [4.78, 5) is 6.69. The van der Waals surface area contributed by atoms with Gasteiger partial charge in [0.05, 0.1) is 6.67 Å². The molecule has 1 heterocycles. The van der Waals surface area contributed by atoms with Crippen LogP contribution >= 0.6 is 12.2 Å². The Kier molecular flexibility index (Phi) is 4.87. The van der Waals surface area contributed by atoms with E-state index in [9.17, 15) is 0 Å². The fourth-order valence-corrected chi connectivity index (χ4v) is 1.83. The van der Waals surface area contributed by atoms with Gasteiger partial charge in [-0.25, -0.2) is 9.67 Å². The lowest BCUT2D eigenvalue weighted by molar-refractivity contribution is 0.233. The maximum atomic E-state index is 5.29. The molecule has 0 aliphatic rings. The van der Waals surface area contributed by atoms with Gasteiger partial charge in [0, 0.05) is 12.0 Å². The summed E-state index contributed by atoms with van der Waals surface area (Å²) in [5.41, 5.74) is 1.14. The Balaban J connectivity index is 2.87. The number of hydrogen-bond donors (Lipinski definition) is 1. The average molecular weight is 268 g/mol. The van der Waals surface area contributed by atoms with Crippen LogP contribution in [0, 0.1) is 4.77 Å². The van der Waals surface area contributed by atoms with Crippen LogP contribution in [-0.2, 0) is 12.1 Å². The molecule has 18 heavy (non-hydrogen) atoms. The quantitative estimate of drug-likeness (QED) is 0.658. The summed E-state index contributed by atoms with van der Waals surface area (Å²) in [6.45, 7) is 17.0. The Bertz CT molecular complexity index is 464. The van der Waals surface area contributed by atoms with Gasteiger partial charge in [-0.05, 0) is 25.7 Å². The maximum absolute atomic E-state index is 5.29. The second-order valence-corrected chi connectivity index (χ2v) is 6.14. The van der Waals surface area contributed by atoms with Crippen molar-refractivity contribution in [2.24, 2.45) is 0 Å². The third kappa shape index (κ3) is 4.07. The lowest BCUT2D eigenvalue weighted by Crippen LogP contribution is -2.28. The van der Waals surface area contributed by atoms with Crippen LogP contribution in [0.4, 0.5) is 0 Å². The van der Waals surface area contributed by atoms with Gasteiger partial charge >= 0.3 is 0 Å². The predicted molar refractivity (Wildman–Crippen MR) is 78.2 cm³/mol. The summed E-state index contributed by atoms with van der Waals surface area (Å²) in [5.74, 6) is 0.930. The molecule has 1 N–H and O–H groups in total. The molecule has 0 atom stereocenters. The monoisotopic (exact) mass is 268 g/mol. The smallest absolute Gasteiger partial charge is 0.217 e. The number of likely N-dealkylation sites (N-methyl/N-ethyl adjacent to an activating group) is 1. The number of rotatable bonds is 5. The molecular formula is C13H24N4S. The van der Waals surface area contributed by atoms with E-state index in [-0.39, 0.29) is 5.41 Å². The van der Waals surface area contributed by atoms with Crippen LogP contribution in [0.3, 0.4) is 0 Å². The van der Waals surface area contributed by atoms with Crippen LogP contribution in [0.2, 0.25) is 0 Å². The molecule has 0 aromatic carbocycles. The number of H-pyrrole nitrogens is 1. The first-order valence-electron chi connectivity index (χ1n) is 6.28. The molecule has 0 saturated carbocycles. The normalized spacial score (nSPS) is 12.1. The fourth-order valence-electron chi connectivity index (χ4n) is 1.63. The average Bonchev–Trinajstić information content (AvgIpc) is 2.58. The Labute approximate surface area is 115 Å². The standard InChI is InChI=1S/C13H24N4S/c1-7-16(8-10(2)3)9-17-12(18)14-11(15-17)13(4,5)6/h2,7-9H2,1,3-6H3,(H,14,15,18). The molecule has 1 aromatic heterocycles. The molecule has 5 heteroatoms. The Morgan fingerprint density at radius 2 is 2.11 bits per heavy atom. The van der Waals surface area contributed by atoms with Gasteiger partial charge in [-0.15, -0.1) is 0 Å². The minimum Gasteiger partial charge on any atom is -0.281 e. The van der Waals surface area contributed by atoms with Crippen LogP contribution in [0.15, 0.2) is 12.2 Å². The van der Waals surface area contributed by atoms with Gasteiger partial charge in [0.25, 0.3) is 0 Å². The third-order valence-corrected chi connectivity index (χ3v) is 2.98. The summed E-state index contributed by atoms with van der Waals surface area (Å²) in [5, 5.41) is 3.29. The highest BCUT2D eigenvalue weighted by Gasteiger charge is 2.18. The molecule has 0 aliphatic carbocycles. The van der Waals surface area contributed by atoms with Gasteiger partial charge in [-0.2, -0.15) is 0 Å². The van der Waals surface area contributed by atoms with E-state index in [2.05, 4.69) is 49.3 Å². The molecule has 0 amide bonds. The lowest BCUT2D eigenvalue weighted by Gasteiger charge is -2.20. The van der Waals surface area contributed by atoms with Gasteiger partial charge in [-0.3, -0.25) is 10.00 Å². The van der Waals surface area contributed by atoms with Crippen LogP contribution in [0.1, 0.15) is 40.4 Å². The van der Waals surface area contributed by atoms with E-state index in [0.717, 1.165) is 31.2 Å². The van der Waals surface area contributed by atoms with Crippen LogP contribution in [0.5, 0.6) is 0 Å². The van der Waals surface area contributed by atoms with Crippen molar-refractivity contribution in [2.75, 3.05) is 13.1 Å². The van der Waals surface area contributed by atoms with Crippen molar-refractivity contribution in [1.29, 1.82) is 0 Å². The van der Waals surface area contributed by atoms with Crippen LogP contribution < -0.4 is 0 Å². The van der Waals surface area contributed by atoms with Crippen molar-refractivity contribution in [1.82, 2.24) is 19.7 Å². The van der Waals surface area contributed by atoms with Gasteiger partial charge in [0.2, 0.25) is 4.77 Å². The lowest BCUT2D eigenvalue weighted by atomic mass is 9.96. The first-order valence-corrected chi connectivity index (χ1v) is 6.69. The molecule has 102 valence electrons. The van der Waals surface area contributed by atoms with Gasteiger partial charge in [0.1, 0.15) is 5.82 Å². The molecule has 0 unspecified atom stereocenters. The Morgan fingerprint density at radius 1 is 1.50 bits per heavy atom. The predicted octanol–water partition coefficient (Wildman–Crippen LogP) is 3.09. The summed E-state index contributed by atoms with van der Waals surface area (Å²) in [6, 6.07) is 0. The maximum Gasteiger partial charge on any atom is 0.217 e. The molecule has 4 nitrogen and oxygen atoms in total. The van der Waals surface area contributed by atoms with Gasteiger partial charge in [-0.1, -0.05) is 39.8 Å². The summed E-state index contributed by atoms with van der Waals surface area (Å²) >= 11 is 5.29. The van der Waals surface area contributed by atoms with Gasteiger partial charge < -0.3 is 0 Å². The number of hydrogen-bond acceptors (Lipinski definition) is 3. The Morgan fingerprint density at radius 3 is 2.50 bits per heavy atom. The molecule has 1 aromatic rings. The van der Waals surface area contributed by atoms with Gasteiger partial charge in [0.15, 0.2) is 0 Å². The van der Waals surface area contributed by atoms with Crippen molar-refractivity contribution in [3.63, 3.8) is 0 Å². The van der Waals surface area contributed by atoms with E-state index in [1.807, 2.05) is 11.6 Å². The van der Waals surface area contributed by atoms with Crippen molar-refractivity contribution < 1.29 is 0 Å². The van der Waals surface area contributed by atoms with Crippen molar-refractivity contribution in [3.8, 4) is 0 Å². The third-order valence-electron chi connectivity index (χ3n) is 2.67. The molecule has 1 rings (SSSR count). The summed E-state index contributed by atoms with van der Waals surface area (Å²) in [6.07, 6.45) is 0. The minimum atomic E-state index is -0.00971. The summed E-state index contributed by atoms with van der Waals surface area (Å²) in [7, 11) is 0. The second kappa shape index (κ2) is 5.80. The zero-order valence-electron chi connectivity index (χ0n) is 12.1. The van der Waals surface area contributed by atoms with Crippen LogP contribution in [0.25, 0.3) is 0 Å². The molecule has 0 radical (unpaired) electrons. The highest BCUT2D eigenvalue weighted by molar-refractivity contribution is 7.71. The number of nitrogens with zero attached hydrogens (tertiary/aromatic N) is 3. The zero-order valence-corrected chi connectivity index (χ0v) is 12.9. The zero-order chi connectivity index (χ0) is 13.9. The second-order valence-electron chi connectivity index (χ2n) is 5.78. The minimum absolute atomic E-state index is 0.00971. The Hall–Kier alpha value is -0.940. The SMILES string of the molecule is C=C(C)CN(CC)Cn1[nH]c(C(C)(C)C)nc1=S. The van der Waals surface area contributed by atoms with E-state index in [1.165, 1.54) is 0 Å². The fraction of sp³-hybridized carbons (Fsp3) is 0.692. The molecular weight excluding hydrogens is 244 g/mol. The number of aromatic amines is 1. The van der Waals surface area contributed by atoms with Crippen molar-refractivity contribution >= 4 is 12.2 Å². The van der Waals surface area contributed by atoms with Crippen molar-refractivity contribution in [3.05, 3.63) is 22.7 Å². The summed E-state index contributed by atoms with van der Waals surface area (Å²) < 4.78 is 2.53. The number of nitrogens with one attached hydrogen (secondary N) is 1. The van der Waals surface area contributed by atoms with Crippen LogP contribution in [-0.4, -0.2) is 32.8 Å². The van der Waals surface area contributed by atoms with E-state index in [1.54, 1.807) is 0 Å². The highest BCUT2D eigenvalue weighted by atomic mass is 32.1. The topological polar surface area (TPSA) is 36.9 Å². The molecule has 0 fully saturated rings. The molecule has 0 saturated heterocycles. The first kappa shape index (κ1) is 15.1. The van der Waals surface area contributed by atoms with E-state index < -0.39 is 0 Å². The number of aromatic nitrogens is 3. The van der Waals surface area contributed by atoms with E-state index in [0.29, 0.717) is 4.77 Å². The highest BCUT2D eigenvalue weighted by Crippen LogP contribution is 2.17. The molecule has 0 aliphatic heterocycles.